The summed E-state index contributed by atoms with van der Waals surface area (Å²) in [4.78, 5) is 69.6. The Morgan fingerprint density at radius 1 is 0.925 bits per heavy atom. The van der Waals surface area contributed by atoms with Gasteiger partial charge in [0.1, 0.15) is 6.04 Å². The minimum atomic E-state index is -0.885. The summed E-state index contributed by atoms with van der Waals surface area (Å²) in [6.45, 7) is 10.6. The second-order valence-electron chi connectivity index (χ2n) is 16.3. The van der Waals surface area contributed by atoms with Crippen molar-refractivity contribution < 1.29 is 24.0 Å². The van der Waals surface area contributed by atoms with E-state index in [0.29, 0.717) is 43.4 Å². The highest BCUT2D eigenvalue weighted by Gasteiger charge is 2.55. The molecule has 15 heteroatoms. The van der Waals surface area contributed by atoms with E-state index < -0.39 is 23.8 Å². The van der Waals surface area contributed by atoms with Crippen LogP contribution in [0, 0.1) is 11.8 Å². The summed E-state index contributed by atoms with van der Waals surface area (Å²) in [5.41, 5.74) is 5.08. The number of piperidine rings is 1. The Kier molecular flexibility index (Phi) is 12.6. The van der Waals surface area contributed by atoms with Gasteiger partial charge in [0.15, 0.2) is 0 Å². The van der Waals surface area contributed by atoms with Crippen LogP contribution in [0.4, 0.5) is 0 Å². The summed E-state index contributed by atoms with van der Waals surface area (Å²) >= 11 is 0. The van der Waals surface area contributed by atoms with Crippen molar-refractivity contribution in [3.8, 4) is 0 Å². The Morgan fingerprint density at radius 3 is 2.51 bits per heavy atom. The predicted octanol–water partition coefficient (Wildman–Crippen LogP) is -0.250. The molecule has 7 fully saturated rings. The second-order valence-corrected chi connectivity index (χ2v) is 16.3. The zero-order valence-corrected chi connectivity index (χ0v) is 31.7. The smallest absolute Gasteiger partial charge is 0.249 e. The van der Waals surface area contributed by atoms with E-state index >= 15 is 0 Å². The van der Waals surface area contributed by atoms with Gasteiger partial charge in [0.05, 0.1) is 30.7 Å². The van der Waals surface area contributed by atoms with Gasteiger partial charge >= 0.3 is 0 Å². The van der Waals surface area contributed by atoms with Gasteiger partial charge in [-0.2, -0.15) is 0 Å². The normalized spacial score (nSPS) is 35.9. The molecule has 0 bridgehead atoms. The van der Waals surface area contributed by atoms with Gasteiger partial charge in [-0.05, 0) is 84.2 Å². The molecular formula is C38H62N10O5. The number of amides is 5. The molecule has 15 nitrogen and oxygen atoms in total. The Labute approximate surface area is 314 Å². The van der Waals surface area contributed by atoms with Gasteiger partial charge in [0.2, 0.25) is 29.5 Å². The summed E-state index contributed by atoms with van der Waals surface area (Å²) in [5, 5.41) is 19.7. The van der Waals surface area contributed by atoms with Crippen molar-refractivity contribution >= 4 is 29.5 Å². The molecule has 0 aromatic heterocycles. The first-order valence-electron chi connectivity index (χ1n) is 20.6. The van der Waals surface area contributed by atoms with Crippen molar-refractivity contribution in [1.82, 2.24) is 51.7 Å². The number of imide groups is 2. The van der Waals surface area contributed by atoms with Crippen LogP contribution in [0.15, 0.2) is 11.6 Å². The van der Waals surface area contributed by atoms with E-state index in [-0.39, 0.29) is 42.5 Å². The lowest BCUT2D eigenvalue weighted by atomic mass is 9.77. The van der Waals surface area contributed by atoms with E-state index in [1.807, 2.05) is 4.90 Å². The van der Waals surface area contributed by atoms with Crippen LogP contribution in [0.2, 0.25) is 0 Å². The minimum absolute atomic E-state index is 0.0973. The van der Waals surface area contributed by atoms with E-state index in [1.54, 1.807) is 0 Å². The summed E-state index contributed by atoms with van der Waals surface area (Å²) in [5.74, 6) is -2.11. The molecule has 2 saturated carbocycles. The molecule has 5 amide bonds. The van der Waals surface area contributed by atoms with E-state index in [4.69, 9.17) is 0 Å². The number of hydrazine groups is 1. The van der Waals surface area contributed by atoms with Crippen LogP contribution in [0.1, 0.15) is 90.9 Å². The van der Waals surface area contributed by atoms with Crippen molar-refractivity contribution in [2.45, 2.75) is 133 Å². The number of hydrogen-bond acceptors (Lipinski definition) is 12. The van der Waals surface area contributed by atoms with E-state index in [9.17, 15) is 24.0 Å². The molecule has 7 rings (SSSR count). The Bertz CT molecular complexity index is 1400. The van der Waals surface area contributed by atoms with Gasteiger partial charge in [0.25, 0.3) is 0 Å². The predicted molar refractivity (Wildman–Crippen MR) is 198 cm³/mol. The van der Waals surface area contributed by atoms with Gasteiger partial charge < -0.3 is 15.5 Å². The first kappa shape index (κ1) is 38.5. The molecule has 5 aliphatic heterocycles. The number of fused-ring (bicyclic) bond motifs is 2. The Morgan fingerprint density at radius 2 is 1.74 bits per heavy atom. The molecule has 5 heterocycles. The maximum atomic E-state index is 13.5. The van der Waals surface area contributed by atoms with E-state index in [0.717, 1.165) is 109 Å². The number of rotatable bonds is 13. The van der Waals surface area contributed by atoms with Gasteiger partial charge in [-0.25, -0.2) is 5.01 Å². The molecule has 6 N–H and O–H groups in total. The topological polar surface area (TPSA) is 170 Å². The third kappa shape index (κ3) is 8.56. The highest BCUT2D eigenvalue weighted by atomic mass is 16.2. The summed E-state index contributed by atoms with van der Waals surface area (Å²) in [6.07, 6.45) is 13.0. The molecule has 9 atom stereocenters. The largest absolute Gasteiger partial charge is 0.339 e. The number of carbonyl (C=O) groups excluding carboxylic acids is 5. The molecule has 2 aliphatic carbocycles. The van der Waals surface area contributed by atoms with Crippen LogP contribution in [0.3, 0.4) is 0 Å². The molecule has 0 aromatic carbocycles. The second kappa shape index (κ2) is 17.3. The highest BCUT2D eigenvalue weighted by Crippen LogP contribution is 2.40. The fourth-order valence-corrected chi connectivity index (χ4v) is 10.2. The maximum Gasteiger partial charge on any atom is 0.249 e. The van der Waals surface area contributed by atoms with Gasteiger partial charge in [-0.3, -0.25) is 55.1 Å². The molecule has 53 heavy (non-hydrogen) atoms. The molecule has 0 aromatic rings. The van der Waals surface area contributed by atoms with E-state index in [1.165, 1.54) is 5.57 Å². The summed E-state index contributed by atoms with van der Waals surface area (Å²) in [6, 6.07) is 0.224. The zero-order valence-electron chi connectivity index (χ0n) is 31.7. The highest BCUT2D eigenvalue weighted by molar-refractivity contribution is 6.11. The molecule has 7 aliphatic rings. The van der Waals surface area contributed by atoms with Crippen molar-refractivity contribution in [3.63, 3.8) is 0 Å². The van der Waals surface area contributed by atoms with Crippen LogP contribution < -0.4 is 32.0 Å². The molecule has 0 spiro atoms. The monoisotopic (exact) mass is 738 g/mol. The average Bonchev–Trinajstić information content (AvgIpc) is 3.89. The zero-order chi connectivity index (χ0) is 37.1. The van der Waals surface area contributed by atoms with Crippen LogP contribution in [0.5, 0.6) is 0 Å². The molecule has 5 saturated heterocycles. The van der Waals surface area contributed by atoms with Crippen molar-refractivity contribution in [2.24, 2.45) is 11.8 Å². The lowest BCUT2D eigenvalue weighted by molar-refractivity contribution is -0.151. The van der Waals surface area contributed by atoms with Crippen molar-refractivity contribution in [1.29, 1.82) is 0 Å². The number of nitrogens with zero attached hydrogens (tertiary/aromatic N) is 4. The fourth-order valence-electron chi connectivity index (χ4n) is 10.2. The average molecular weight is 739 g/mol. The van der Waals surface area contributed by atoms with Crippen LogP contribution in [0.25, 0.3) is 0 Å². The van der Waals surface area contributed by atoms with Gasteiger partial charge in [0, 0.05) is 63.3 Å². The quantitative estimate of drug-likeness (QED) is 0.0834. The maximum absolute atomic E-state index is 13.5. The van der Waals surface area contributed by atoms with Gasteiger partial charge in [-0.15, -0.1) is 0 Å². The standard InChI is InChI=1S/C38H62N10O5/c1-3-24(4-2)29-22-32(48-31(43-29)13-15-41-48)42-26-10-9-25(21-26)40-23-34(50)46-19-17-45(18-20-46)16-6-14-39-28-8-5-7-27-35(28)38(53)47(37(27)52)30-11-12-33(49)44-36(30)51/h3,25-32,35,39-43H,4-23H2,1-2H3,(H,44,49,51)/b24-3+/t25-,26-,27?,28?,29?,30?,31?,32?,35?/m0/s1. The number of allylic oxidation sites excluding steroid dienone is 1. The molecule has 7 unspecified atom stereocenters. The van der Waals surface area contributed by atoms with Crippen molar-refractivity contribution in [2.75, 3.05) is 52.4 Å². The third-order valence-electron chi connectivity index (χ3n) is 13.1. The number of likely N-dealkylation sites (tertiary alicyclic amines) is 1. The first-order valence-corrected chi connectivity index (χ1v) is 20.6. The van der Waals surface area contributed by atoms with Crippen molar-refractivity contribution in [3.05, 3.63) is 11.6 Å². The molecule has 0 radical (unpaired) electrons. The van der Waals surface area contributed by atoms with Crippen LogP contribution in [-0.2, 0) is 24.0 Å². The van der Waals surface area contributed by atoms with Gasteiger partial charge in [-0.1, -0.05) is 25.0 Å². The first-order chi connectivity index (χ1) is 25.7. The van der Waals surface area contributed by atoms with E-state index in [2.05, 4.69) is 61.8 Å². The summed E-state index contributed by atoms with van der Waals surface area (Å²) in [7, 11) is 0. The number of hydrogen-bond donors (Lipinski definition) is 6. The number of piperazine rings is 1. The lowest BCUT2D eigenvalue weighted by Crippen LogP contribution is -2.65. The number of carbonyl (C=O) groups is 5. The minimum Gasteiger partial charge on any atom is -0.339 e. The Hall–Kier alpha value is -2.79. The third-order valence-corrected chi connectivity index (χ3v) is 13.1. The SMILES string of the molecule is C/C=C(\CC)C1CC(N[C@H]2CC[C@H](NCC(=O)N3CCN(CCCNC4CCCC5C(=O)N(C6CCC(=O)NC6=O)C(=O)C45)CC3)C2)N2NCCC2N1. The Balaban J connectivity index is 0.785. The summed E-state index contributed by atoms with van der Waals surface area (Å²) < 4.78 is 0. The van der Waals surface area contributed by atoms with Crippen LogP contribution >= 0.6 is 0 Å². The van der Waals surface area contributed by atoms with Crippen LogP contribution in [-0.4, -0.2) is 144 Å². The number of nitrogens with one attached hydrogen (secondary N) is 6. The lowest BCUT2D eigenvalue weighted by Gasteiger charge is -2.44. The molecular weight excluding hydrogens is 676 g/mol. The fraction of sp³-hybridized carbons (Fsp3) is 0.816. The molecule has 294 valence electrons.